The Bertz CT molecular complexity index is 394. The van der Waals surface area contributed by atoms with E-state index < -0.39 is 0 Å². The Morgan fingerprint density at radius 1 is 1.50 bits per heavy atom. The van der Waals surface area contributed by atoms with Crippen LogP contribution in [0.2, 0.25) is 0 Å². The van der Waals surface area contributed by atoms with E-state index in [9.17, 15) is 5.11 Å². The van der Waals surface area contributed by atoms with Crippen molar-refractivity contribution in [2.24, 2.45) is 0 Å². The third kappa shape index (κ3) is 2.53. The predicted molar refractivity (Wildman–Crippen MR) is 74.0 cm³/mol. The highest BCUT2D eigenvalue weighted by Crippen LogP contribution is 2.36. The van der Waals surface area contributed by atoms with E-state index in [0.717, 1.165) is 22.1 Å². The van der Waals surface area contributed by atoms with Gasteiger partial charge in [-0.15, -0.1) is 0 Å². The minimum atomic E-state index is 0.0510. The van der Waals surface area contributed by atoms with Crippen LogP contribution in [0.25, 0.3) is 0 Å². The summed E-state index contributed by atoms with van der Waals surface area (Å²) in [5, 5.41) is 10.4. The fraction of sp³-hybridized carbons (Fsp3) is 0.769. The van der Waals surface area contributed by atoms with Gasteiger partial charge in [0.1, 0.15) is 0 Å². The molecule has 1 N–H and O–H groups in total. The van der Waals surface area contributed by atoms with Crippen molar-refractivity contribution < 1.29 is 9.84 Å². The Kier molecular flexibility index (Phi) is 4.59. The number of thiazole rings is 1. The lowest BCUT2D eigenvalue weighted by atomic mass is 10.2. The number of methoxy groups -OCH3 is 1. The second-order valence-corrected chi connectivity index (χ2v) is 5.92. The van der Waals surface area contributed by atoms with Crippen molar-refractivity contribution in [3.8, 4) is 0 Å². The van der Waals surface area contributed by atoms with Crippen LogP contribution >= 0.6 is 11.3 Å². The first-order valence-corrected chi connectivity index (χ1v) is 7.39. The summed E-state index contributed by atoms with van der Waals surface area (Å²) >= 11 is 1.60. The topological polar surface area (TPSA) is 45.6 Å². The minimum Gasteiger partial charge on any atom is -0.391 e. The maximum atomic E-state index is 9.39. The molecule has 2 heterocycles. The standard InChI is InChI=1S/C13H22N2O2S/c1-4-10-6-5-9(2)15(10)13-14-11(8-17-3)12(7-16)18-13/h9-10,16H,4-8H2,1-3H3. The molecule has 2 unspecified atom stereocenters. The summed E-state index contributed by atoms with van der Waals surface area (Å²) < 4.78 is 5.14. The summed E-state index contributed by atoms with van der Waals surface area (Å²) in [5.41, 5.74) is 0.883. The van der Waals surface area contributed by atoms with Crippen molar-refractivity contribution in [1.82, 2.24) is 4.98 Å². The van der Waals surface area contributed by atoms with Crippen LogP contribution in [-0.4, -0.2) is 29.3 Å². The minimum absolute atomic E-state index is 0.0510. The van der Waals surface area contributed by atoms with Crippen molar-refractivity contribution in [2.75, 3.05) is 12.0 Å². The maximum absolute atomic E-state index is 9.39. The van der Waals surface area contributed by atoms with Crippen LogP contribution in [0.4, 0.5) is 5.13 Å². The fourth-order valence-corrected chi connectivity index (χ4v) is 3.77. The number of hydrogen-bond donors (Lipinski definition) is 1. The quantitative estimate of drug-likeness (QED) is 0.893. The van der Waals surface area contributed by atoms with Gasteiger partial charge in [-0.25, -0.2) is 4.98 Å². The average molecular weight is 270 g/mol. The van der Waals surface area contributed by atoms with Crippen LogP contribution in [0.5, 0.6) is 0 Å². The molecule has 0 amide bonds. The molecule has 0 spiro atoms. The molecule has 1 saturated heterocycles. The molecule has 0 radical (unpaired) electrons. The molecule has 1 aromatic rings. The van der Waals surface area contributed by atoms with Crippen molar-refractivity contribution >= 4 is 16.5 Å². The van der Waals surface area contributed by atoms with Gasteiger partial charge < -0.3 is 14.7 Å². The number of rotatable bonds is 5. The molecule has 0 saturated carbocycles. The number of hydrogen-bond acceptors (Lipinski definition) is 5. The van der Waals surface area contributed by atoms with Crippen molar-refractivity contribution in [3.05, 3.63) is 10.6 Å². The van der Waals surface area contributed by atoms with E-state index >= 15 is 0 Å². The number of aromatic nitrogens is 1. The largest absolute Gasteiger partial charge is 0.391 e. The van der Waals surface area contributed by atoms with Gasteiger partial charge in [0.05, 0.1) is 23.8 Å². The Balaban J connectivity index is 2.26. The summed E-state index contributed by atoms with van der Waals surface area (Å²) in [6.07, 6.45) is 3.62. The smallest absolute Gasteiger partial charge is 0.186 e. The summed E-state index contributed by atoms with van der Waals surface area (Å²) in [4.78, 5) is 8.01. The molecule has 4 nitrogen and oxygen atoms in total. The van der Waals surface area contributed by atoms with Gasteiger partial charge >= 0.3 is 0 Å². The van der Waals surface area contributed by atoms with Gasteiger partial charge in [0.2, 0.25) is 0 Å². The number of nitrogens with zero attached hydrogens (tertiary/aromatic N) is 2. The van der Waals surface area contributed by atoms with Crippen LogP contribution in [0.15, 0.2) is 0 Å². The molecule has 1 aliphatic rings. The highest BCUT2D eigenvalue weighted by atomic mass is 32.1. The normalized spacial score (nSPS) is 23.9. The second kappa shape index (κ2) is 5.99. The molecule has 0 aromatic carbocycles. The van der Waals surface area contributed by atoms with E-state index in [0.29, 0.717) is 18.7 Å². The van der Waals surface area contributed by atoms with Crippen LogP contribution in [-0.2, 0) is 18.0 Å². The van der Waals surface area contributed by atoms with E-state index in [1.807, 2.05) is 0 Å². The summed E-state index contributed by atoms with van der Waals surface area (Å²) in [5.74, 6) is 0. The van der Waals surface area contributed by atoms with Crippen LogP contribution in [0, 0.1) is 0 Å². The molecule has 102 valence electrons. The van der Waals surface area contributed by atoms with Gasteiger partial charge in [0.15, 0.2) is 5.13 Å². The van der Waals surface area contributed by atoms with Crippen LogP contribution in [0.3, 0.4) is 0 Å². The van der Waals surface area contributed by atoms with Gasteiger partial charge in [0.25, 0.3) is 0 Å². The number of aliphatic hydroxyl groups excluding tert-OH is 1. The zero-order valence-electron chi connectivity index (χ0n) is 11.3. The molecular weight excluding hydrogens is 248 g/mol. The van der Waals surface area contributed by atoms with E-state index in [4.69, 9.17) is 4.74 Å². The number of aliphatic hydroxyl groups is 1. The molecule has 0 aliphatic carbocycles. The lowest BCUT2D eigenvalue weighted by Crippen LogP contribution is -2.33. The third-order valence-corrected chi connectivity index (χ3v) is 4.77. The molecule has 18 heavy (non-hydrogen) atoms. The molecule has 5 heteroatoms. The summed E-state index contributed by atoms with van der Waals surface area (Å²) in [7, 11) is 1.66. The fourth-order valence-electron chi connectivity index (χ4n) is 2.67. The molecule has 1 aliphatic heterocycles. The molecule has 1 fully saturated rings. The van der Waals surface area contributed by atoms with Crippen molar-refractivity contribution in [2.45, 2.75) is 58.4 Å². The first-order chi connectivity index (χ1) is 8.71. The average Bonchev–Trinajstić information content (AvgIpc) is 2.92. The maximum Gasteiger partial charge on any atom is 0.186 e. The van der Waals surface area contributed by atoms with Gasteiger partial charge in [-0.05, 0) is 26.2 Å². The Labute approximate surface area is 113 Å². The molecule has 1 aromatic heterocycles. The van der Waals surface area contributed by atoms with Gasteiger partial charge in [-0.3, -0.25) is 0 Å². The van der Waals surface area contributed by atoms with E-state index in [1.54, 1.807) is 18.4 Å². The summed E-state index contributed by atoms with van der Waals surface area (Å²) in [6.45, 7) is 5.01. The first-order valence-electron chi connectivity index (χ1n) is 6.57. The van der Waals surface area contributed by atoms with E-state index in [-0.39, 0.29) is 6.61 Å². The third-order valence-electron chi connectivity index (χ3n) is 3.67. The zero-order chi connectivity index (χ0) is 13.1. The van der Waals surface area contributed by atoms with Crippen molar-refractivity contribution in [1.29, 1.82) is 0 Å². The van der Waals surface area contributed by atoms with Gasteiger partial charge in [0, 0.05) is 19.2 Å². The molecule has 0 bridgehead atoms. The van der Waals surface area contributed by atoms with Gasteiger partial charge in [-0.2, -0.15) is 0 Å². The second-order valence-electron chi connectivity index (χ2n) is 4.85. The number of anilines is 1. The van der Waals surface area contributed by atoms with Crippen LogP contribution < -0.4 is 4.90 Å². The Morgan fingerprint density at radius 2 is 2.28 bits per heavy atom. The van der Waals surface area contributed by atoms with E-state index in [1.165, 1.54) is 12.8 Å². The zero-order valence-corrected chi connectivity index (χ0v) is 12.2. The van der Waals surface area contributed by atoms with Crippen molar-refractivity contribution in [3.63, 3.8) is 0 Å². The molecule has 2 atom stereocenters. The molecule has 2 rings (SSSR count). The lowest BCUT2D eigenvalue weighted by Gasteiger charge is -2.27. The molecular formula is C13H22N2O2S. The Hall–Kier alpha value is -0.650. The lowest BCUT2D eigenvalue weighted by molar-refractivity contribution is 0.179. The van der Waals surface area contributed by atoms with Gasteiger partial charge in [-0.1, -0.05) is 18.3 Å². The number of ether oxygens (including phenoxy) is 1. The summed E-state index contributed by atoms with van der Waals surface area (Å²) in [6, 6.07) is 1.14. The van der Waals surface area contributed by atoms with Crippen LogP contribution in [0.1, 0.15) is 43.7 Å². The first kappa shape index (κ1) is 13.8. The van der Waals surface area contributed by atoms with E-state index in [2.05, 4.69) is 23.7 Å². The monoisotopic (exact) mass is 270 g/mol. The SMILES string of the molecule is CCC1CCC(C)N1c1nc(COC)c(CO)s1. The highest BCUT2D eigenvalue weighted by molar-refractivity contribution is 7.15. The predicted octanol–water partition coefficient (Wildman–Crippen LogP) is 2.55. The highest BCUT2D eigenvalue weighted by Gasteiger charge is 2.32. The Morgan fingerprint density at radius 3 is 2.89 bits per heavy atom.